The van der Waals surface area contributed by atoms with Crippen LogP contribution < -0.4 is 10.1 Å². The Morgan fingerprint density at radius 1 is 1.21 bits per heavy atom. The summed E-state index contributed by atoms with van der Waals surface area (Å²) in [5.41, 5.74) is 1.04. The molecule has 3 amide bonds. The van der Waals surface area contributed by atoms with Crippen LogP contribution in [0.4, 0.5) is 10.5 Å². The molecule has 34 heavy (non-hydrogen) atoms. The van der Waals surface area contributed by atoms with Crippen molar-refractivity contribution in [1.82, 2.24) is 4.90 Å². The Balaban J connectivity index is 1.68. The summed E-state index contributed by atoms with van der Waals surface area (Å²) < 4.78 is 10.4. The second-order valence-corrected chi connectivity index (χ2v) is 8.30. The zero-order valence-electron chi connectivity index (χ0n) is 18.2. The molecule has 3 rings (SSSR count). The third-order valence-electron chi connectivity index (χ3n) is 4.44. The van der Waals surface area contributed by atoms with Gasteiger partial charge in [0.25, 0.3) is 11.1 Å². The Morgan fingerprint density at radius 2 is 2.00 bits per heavy atom. The van der Waals surface area contributed by atoms with Gasteiger partial charge in [-0.1, -0.05) is 36.4 Å². The molecule has 0 aromatic heterocycles. The maximum atomic E-state index is 12.7. The third kappa shape index (κ3) is 6.27. The summed E-state index contributed by atoms with van der Waals surface area (Å²) in [4.78, 5) is 50.6. The predicted octanol–water partition coefficient (Wildman–Crippen LogP) is 4.76. The van der Waals surface area contributed by atoms with Crippen LogP contribution in [0.2, 0.25) is 5.02 Å². The van der Waals surface area contributed by atoms with Gasteiger partial charge in [-0.05, 0) is 60.7 Å². The first-order valence-corrected chi connectivity index (χ1v) is 11.4. The number of anilines is 1. The lowest BCUT2D eigenvalue weighted by Crippen LogP contribution is -2.36. The van der Waals surface area contributed by atoms with Crippen molar-refractivity contribution in [2.75, 3.05) is 25.1 Å². The van der Waals surface area contributed by atoms with Crippen LogP contribution in [0.25, 0.3) is 6.08 Å². The highest BCUT2D eigenvalue weighted by atomic mass is 35.5. The smallest absolute Gasteiger partial charge is 0.339 e. The Bertz CT molecular complexity index is 1180. The molecule has 0 saturated carbocycles. The van der Waals surface area contributed by atoms with E-state index in [1.807, 2.05) is 0 Å². The number of carbonyl (C=O) groups excluding carboxylic acids is 4. The van der Waals surface area contributed by atoms with E-state index in [0.717, 1.165) is 16.7 Å². The Hall–Kier alpha value is -3.56. The largest absolute Gasteiger partial charge is 0.490 e. The lowest BCUT2D eigenvalue weighted by Gasteiger charge is -2.13. The number of ether oxygens (including phenoxy) is 2. The summed E-state index contributed by atoms with van der Waals surface area (Å²) in [5.74, 6) is -1.22. The van der Waals surface area contributed by atoms with Crippen molar-refractivity contribution < 1.29 is 28.7 Å². The van der Waals surface area contributed by atoms with E-state index in [2.05, 4.69) is 11.9 Å². The number of rotatable bonds is 9. The van der Waals surface area contributed by atoms with Crippen molar-refractivity contribution in [3.8, 4) is 5.75 Å². The van der Waals surface area contributed by atoms with Gasteiger partial charge in [-0.15, -0.1) is 0 Å². The minimum Gasteiger partial charge on any atom is -0.490 e. The van der Waals surface area contributed by atoms with Gasteiger partial charge < -0.3 is 14.8 Å². The molecule has 1 heterocycles. The zero-order chi connectivity index (χ0) is 24.7. The number of esters is 1. The second kappa shape index (κ2) is 11.5. The highest BCUT2D eigenvalue weighted by Crippen LogP contribution is 2.32. The Morgan fingerprint density at radius 3 is 2.74 bits per heavy atom. The van der Waals surface area contributed by atoms with Gasteiger partial charge in [0.15, 0.2) is 0 Å². The molecule has 0 unspecified atom stereocenters. The van der Waals surface area contributed by atoms with Crippen LogP contribution in [-0.2, 0) is 14.3 Å². The van der Waals surface area contributed by atoms with Crippen molar-refractivity contribution in [2.24, 2.45) is 0 Å². The van der Waals surface area contributed by atoms with Gasteiger partial charge in [0.05, 0.1) is 22.1 Å². The Labute approximate surface area is 205 Å². The van der Waals surface area contributed by atoms with E-state index in [1.165, 1.54) is 18.2 Å². The normalized spacial score (nSPS) is 14.3. The summed E-state index contributed by atoms with van der Waals surface area (Å²) in [6, 6.07) is 11.3. The van der Waals surface area contributed by atoms with Gasteiger partial charge in [0, 0.05) is 5.69 Å². The molecule has 1 aliphatic rings. The molecule has 0 radical (unpaired) electrons. The minimum absolute atomic E-state index is 0.0923. The summed E-state index contributed by atoms with van der Waals surface area (Å²) >= 11 is 6.77. The van der Waals surface area contributed by atoms with E-state index in [1.54, 1.807) is 43.3 Å². The number of nitrogens with one attached hydrogen (secondary N) is 1. The maximum Gasteiger partial charge on any atom is 0.339 e. The standard InChI is InChI=1S/C24H21ClN2O6S/c1-3-10-33-17-7-5-6-15(11-17)12-20-22(29)27(24(31)34-20)14-21(28)26-16-8-9-19(25)18(13-16)23(30)32-4-2/h3,5-9,11-13H,1,4,10,14H2,2H3,(H,26,28)/b20-12+. The van der Waals surface area contributed by atoms with Crippen LogP contribution in [0.1, 0.15) is 22.8 Å². The number of imide groups is 1. The van der Waals surface area contributed by atoms with Crippen LogP contribution in [0.5, 0.6) is 5.75 Å². The number of nitrogens with zero attached hydrogens (tertiary/aromatic N) is 1. The zero-order valence-corrected chi connectivity index (χ0v) is 19.8. The van der Waals surface area contributed by atoms with Crippen molar-refractivity contribution in [2.45, 2.75) is 6.92 Å². The number of amides is 3. The number of carbonyl (C=O) groups is 4. The third-order valence-corrected chi connectivity index (χ3v) is 5.68. The van der Waals surface area contributed by atoms with Crippen molar-refractivity contribution in [3.05, 3.63) is 76.2 Å². The molecule has 1 saturated heterocycles. The van der Waals surface area contributed by atoms with Gasteiger partial charge in [0.1, 0.15) is 18.9 Å². The molecule has 0 atom stereocenters. The SMILES string of the molecule is C=CCOc1cccc(/C=C2/SC(=O)N(CC(=O)Nc3ccc(Cl)c(C(=O)OCC)c3)C2=O)c1. The molecule has 2 aromatic carbocycles. The molecule has 8 nitrogen and oxygen atoms in total. The van der Waals surface area contributed by atoms with Crippen LogP contribution in [0, 0.1) is 0 Å². The van der Waals surface area contributed by atoms with Crippen LogP contribution in [-0.4, -0.2) is 47.7 Å². The second-order valence-electron chi connectivity index (χ2n) is 6.90. The van der Waals surface area contributed by atoms with E-state index >= 15 is 0 Å². The highest BCUT2D eigenvalue weighted by Gasteiger charge is 2.36. The van der Waals surface area contributed by atoms with Crippen LogP contribution in [0.15, 0.2) is 60.0 Å². The molecule has 1 N–H and O–H groups in total. The summed E-state index contributed by atoms with van der Waals surface area (Å²) in [7, 11) is 0. The van der Waals surface area contributed by atoms with Gasteiger partial charge in [0.2, 0.25) is 5.91 Å². The number of halogens is 1. The van der Waals surface area contributed by atoms with Crippen molar-refractivity contribution >= 4 is 58.1 Å². The van der Waals surface area contributed by atoms with Crippen molar-refractivity contribution in [3.63, 3.8) is 0 Å². The quantitative estimate of drug-likeness (QED) is 0.301. The first kappa shape index (κ1) is 25.1. The molecule has 0 bridgehead atoms. The minimum atomic E-state index is -0.626. The number of hydrogen-bond donors (Lipinski definition) is 1. The number of hydrogen-bond acceptors (Lipinski definition) is 7. The Kier molecular flexibility index (Phi) is 8.50. The number of thioether (sulfide) groups is 1. The molecule has 2 aromatic rings. The topological polar surface area (TPSA) is 102 Å². The van der Waals surface area contributed by atoms with E-state index in [9.17, 15) is 19.2 Å². The number of benzene rings is 2. The molecule has 0 aliphatic carbocycles. The lowest BCUT2D eigenvalue weighted by molar-refractivity contribution is -0.127. The van der Waals surface area contributed by atoms with E-state index < -0.39 is 29.6 Å². The average Bonchev–Trinajstić information content (AvgIpc) is 3.06. The summed E-state index contributed by atoms with van der Waals surface area (Å²) in [5, 5.41) is 2.17. The van der Waals surface area contributed by atoms with Gasteiger partial charge in [-0.25, -0.2) is 4.79 Å². The van der Waals surface area contributed by atoms with Crippen LogP contribution in [0.3, 0.4) is 0 Å². The fourth-order valence-electron chi connectivity index (χ4n) is 2.95. The molecular weight excluding hydrogens is 480 g/mol. The van der Waals surface area contributed by atoms with Gasteiger partial charge in [-0.2, -0.15) is 0 Å². The fraction of sp³-hybridized carbons (Fsp3) is 0.167. The monoisotopic (exact) mass is 500 g/mol. The first-order chi connectivity index (χ1) is 16.3. The van der Waals surface area contributed by atoms with E-state index in [-0.39, 0.29) is 27.8 Å². The molecule has 1 aliphatic heterocycles. The van der Waals surface area contributed by atoms with Crippen LogP contribution >= 0.6 is 23.4 Å². The summed E-state index contributed by atoms with van der Waals surface area (Å²) in [6.07, 6.45) is 3.18. The average molecular weight is 501 g/mol. The molecule has 176 valence electrons. The predicted molar refractivity (Wildman–Crippen MR) is 131 cm³/mol. The van der Waals surface area contributed by atoms with E-state index in [4.69, 9.17) is 21.1 Å². The first-order valence-electron chi connectivity index (χ1n) is 10.2. The summed E-state index contributed by atoms with van der Waals surface area (Å²) in [6.45, 7) is 5.28. The molecular formula is C24H21ClN2O6S. The molecule has 10 heteroatoms. The van der Waals surface area contributed by atoms with Gasteiger partial charge >= 0.3 is 5.97 Å². The van der Waals surface area contributed by atoms with Gasteiger partial charge in [-0.3, -0.25) is 19.3 Å². The highest BCUT2D eigenvalue weighted by molar-refractivity contribution is 8.18. The molecule has 1 fully saturated rings. The fourth-order valence-corrected chi connectivity index (χ4v) is 3.98. The van der Waals surface area contributed by atoms with Crippen molar-refractivity contribution in [1.29, 1.82) is 0 Å². The lowest BCUT2D eigenvalue weighted by atomic mass is 10.2. The van der Waals surface area contributed by atoms with E-state index in [0.29, 0.717) is 17.9 Å². The molecule has 0 spiro atoms. The maximum absolute atomic E-state index is 12.7.